The van der Waals surface area contributed by atoms with E-state index in [1.165, 1.54) is 5.57 Å². The fourth-order valence-corrected chi connectivity index (χ4v) is 9.73. The minimum Gasteiger partial charge on any atom is -0.458 e. The molecule has 4 aliphatic carbocycles. The van der Waals surface area contributed by atoms with Gasteiger partial charge in [-0.15, -0.1) is 0 Å². The fourth-order valence-electron chi connectivity index (χ4n) is 9.73. The predicted octanol–water partition coefficient (Wildman–Crippen LogP) is 6.03. The quantitative estimate of drug-likeness (QED) is 0.397. The van der Waals surface area contributed by atoms with Gasteiger partial charge in [0.1, 0.15) is 11.9 Å². The van der Waals surface area contributed by atoms with Crippen molar-refractivity contribution in [3.05, 3.63) is 23.3 Å². The van der Waals surface area contributed by atoms with E-state index in [0.717, 1.165) is 37.7 Å². The van der Waals surface area contributed by atoms with Crippen molar-refractivity contribution >= 4 is 11.8 Å². The first kappa shape index (κ1) is 24.3. The molecule has 1 saturated heterocycles. The van der Waals surface area contributed by atoms with Crippen LogP contribution < -0.4 is 0 Å². The number of hydrogen-bond acceptors (Lipinski definition) is 4. The van der Waals surface area contributed by atoms with Crippen LogP contribution in [0.15, 0.2) is 23.3 Å². The number of carbonyl (C=O) groups is 2. The molecule has 4 heteroatoms. The van der Waals surface area contributed by atoms with E-state index >= 15 is 0 Å². The maximum Gasteiger partial charge on any atom is 0.310 e. The molecule has 0 aromatic carbocycles. The molecule has 3 saturated carbocycles. The molecular weight excluding hydrogens is 424 g/mol. The van der Waals surface area contributed by atoms with Crippen molar-refractivity contribution in [2.45, 2.75) is 106 Å². The summed E-state index contributed by atoms with van der Waals surface area (Å²) >= 11 is 0. The first-order valence-electron chi connectivity index (χ1n) is 13.5. The lowest BCUT2D eigenvalue weighted by atomic mass is 9.41. The Bertz CT molecular complexity index is 970. The molecule has 0 bridgehead atoms. The third-order valence-electron chi connectivity index (χ3n) is 11.6. The van der Waals surface area contributed by atoms with E-state index in [1.54, 1.807) is 0 Å². The van der Waals surface area contributed by atoms with Gasteiger partial charge in [0.2, 0.25) is 0 Å². The lowest BCUT2D eigenvalue weighted by Crippen LogP contribution is -2.57. The van der Waals surface area contributed by atoms with Gasteiger partial charge < -0.3 is 9.84 Å². The smallest absolute Gasteiger partial charge is 0.310 e. The highest BCUT2D eigenvalue weighted by atomic mass is 16.5. The van der Waals surface area contributed by atoms with Gasteiger partial charge in [-0.3, -0.25) is 9.59 Å². The van der Waals surface area contributed by atoms with Crippen LogP contribution in [0.2, 0.25) is 0 Å². The van der Waals surface area contributed by atoms with Crippen LogP contribution in [0.25, 0.3) is 0 Å². The number of ether oxygens (including phenoxy) is 1. The van der Waals surface area contributed by atoms with Crippen molar-refractivity contribution < 1.29 is 19.4 Å². The van der Waals surface area contributed by atoms with E-state index in [4.69, 9.17) is 4.74 Å². The number of aliphatic hydroxyl groups is 1. The molecule has 1 aliphatic heterocycles. The summed E-state index contributed by atoms with van der Waals surface area (Å²) < 4.78 is 5.76. The first-order valence-corrected chi connectivity index (χ1v) is 13.5. The summed E-state index contributed by atoms with van der Waals surface area (Å²) in [6.45, 7) is 15.5. The summed E-state index contributed by atoms with van der Waals surface area (Å²) in [7, 11) is 0. The van der Waals surface area contributed by atoms with Crippen LogP contribution in [0.1, 0.15) is 93.4 Å². The number of fused-ring (bicyclic) bond motifs is 5. The number of cyclic esters (lactones) is 1. The van der Waals surface area contributed by atoms with Gasteiger partial charge in [-0.25, -0.2) is 0 Å². The number of rotatable bonds is 2. The summed E-state index contributed by atoms with van der Waals surface area (Å²) in [4.78, 5) is 25.9. The summed E-state index contributed by atoms with van der Waals surface area (Å²) in [5, 5.41) is 11.5. The standard InChI is InChI=1S/C30H44O4/c1-17(2)14-18-15-19(26(33)34-18)25-22(31)16-30(7)21-8-9-23-27(3,4)24(32)11-12-28(23,5)20(21)10-13-29(25,30)6/h8,14,18-20,22-23,25,31H,9-13,15-16H2,1-7H3. The summed E-state index contributed by atoms with van der Waals surface area (Å²) in [6.07, 6.45) is 9.94. The van der Waals surface area contributed by atoms with E-state index < -0.39 is 6.10 Å². The molecule has 0 aromatic rings. The van der Waals surface area contributed by atoms with Crippen LogP contribution in [0.5, 0.6) is 0 Å². The molecule has 188 valence electrons. The second kappa shape index (κ2) is 7.54. The van der Waals surface area contributed by atoms with Gasteiger partial charge in [0, 0.05) is 24.2 Å². The summed E-state index contributed by atoms with van der Waals surface area (Å²) in [6, 6.07) is 0. The van der Waals surface area contributed by atoms with Gasteiger partial charge >= 0.3 is 5.97 Å². The maximum atomic E-state index is 13.0. The SMILES string of the molecule is CC(C)=CC1CC(C2C(O)CC3(C)C4=CCC5C(C)(C)C(=O)CCC5(C)C4CCC23C)C(=O)O1. The van der Waals surface area contributed by atoms with E-state index in [0.29, 0.717) is 30.5 Å². The lowest BCUT2D eigenvalue weighted by Gasteiger charge is -2.63. The maximum absolute atomic E-state index is 13.0. The number of Topliss-reactive ketones (excluding diaryl/α,β-unsaturated/α-hetero) is 1. The third-order valence-corrected chi connectivity index (χ3v) is 11.6. The number of hydrogen-bond donors (Lipinski definition) is 1. The van der Waals surface area contributed by atoms with Gasteiger partial charge in [0.05, 0.1) is 12.0 Å². The summed E-state index contributed by atoms with van der Waals surface area (Å²) in [5.74, 6) is 0.809. The number of carbonyl (C=O) groups excluding carboxylic acids is 2. The van der Waals surface area contributed by atoms with Crippen LogP contribution in [0.3, 0.4) is 0 Å². The Hall–Kier alpha value is -1.42. The van der Waals surface area contributed by atoms with Crippen molar-refractivity contribution in [3.8, 4) is 0 Å². The van der Waals surface area contributed by atoms with Gasteiger partial charge in [-0.2, -0.15) is 0 Å². The van der Waals surface area contributed by atoms with Gasteiger partial charge in [0.15, 0.2) is 0 Å². The average molecular weight is 469 g/mol. The molecule has 0 amide bonds. The Morgan fingerprint density at radius 3 is 2.50 bits per heavy atom. The molecule has 0 aromatic heterocycles. The molecule has 9 unspecified atom stereocenters. The van der Waals surface area contributed by atoms with E-state index in [2.05, 4.69) is 46.8 Å². The second-order valence-electron chi connectivity index (χ2n) is 13.8. The van der Waals surface area contributed by atoms with Crippen LogP contribution in [-0.4, -0.2) is 29.1 Å². The zero-order valence-electron chi connectivity index (χ0n) is 22.2. The first-order chi connectivity index (χ1) is 15.8. The van der Waals surface area contributed by atoms with Crippen molar-refractivity contribution in [2.75, 3.05) is 0 Å². The number of allylic oxidation sites excluding steroid dienone is 3. The highest BCUT2D eigenvalue weighted by molar-refractivity contribution is 5.85. The van der Waals surface area contributed by atoms with Crippen LogP contribution in [0.4, 0.5) is 0 Å². The Kier molecular flexibility index (Phi) is 5.39. The van der Waals surface area contributed by atoms with E-state index in [1.807, 2.05) is 13.8 Å². The lowest BCUT2D eigenvalue weighted by molar-refractivity contribution is -0.149. The van der Waals surface area contributed by atoms with Gasteiger partial charge in [-0.05, 0) is 80.1 Å². The van der Waals surface area contributed by atoms with E-state index in [9.17, 15) is 14.7 Å². The number of ketones is 1. The third kappa shape index (κ3) is 3.06. The van der Waals surface area contributed by atoms with Crippen molar-refractivity contribution in [1.29, 1.82) is 0 Å². The van der Waals surface area contributed by atoms with Crippen molar-refractivity contribution in [2.24, 2.45) is 45.3 Å². The van der Waals surface area contributed by atoms with Crippen LogP contribution in [0, 0.1) is 45.3 Å². The van der Waals surface area contributed by atoms with Gasteiger partial charge in [0.25, 0.3) is 0 Å². The minimum absolute atomic E-state index is 0.0719. The number of esters is 1. The monoisotopic (exact) mass is 468 g/mol. The molecule has 5 aliphatic rings. The average Bonchev–Trinajstić information content (AvgIpc) is 3.17. The molecule has 1 N–H and O–H groups in total. The number of aliphatic hydroxyl groups excluding tert-OH is 1. The Morgan fingerprint density at radius 1 is 1.12 bits per heavy atom. The molecule has 4 nitrogen and oxygen atoms in total. The fraction of sp³-hybridized carbons (Fsp3) is 0.800. The highest BCUT2D eigenvalue weighted by Crippen LogP contribution is 2.73. The molecule has 4 fully saturated rings. The molecule has 9 atom stereocenters. The molecular formula is C30H44O4. The van der Waals surface area contributed by atoms with Crippen LogP contribution in [-0.2, 0) is 14.3 Å². The van der Waals surface area contributed by atoms with Crippen molar-refractivity contribution in [3.63, 3.8) is 0 Å². The Labute approximate surface area is 205 Å². The van der Waals surface area contributed by atoms with Gasteiger partial charge in [-0.1, -0.05) is 51.8 Å². The minimum atomic E-state index is -0.493. The molecule has 0 radical (unpaired) electrons. The zero-order valence-corrected chi connectivity index (χ0v) is 22.2. The largest absolute Gasteiger partial charge is 0.458 e. The molecule has 0 spiro atoms. The Balaban J connectivity index is 1.51. The van der Waals surface area contributed by atoms with E-state index in [-0.39, 0.29) is 45.6 Å². The molecule has 1 heterocycles. The highest BCUT2D eigenvalue weighted by Gasteiger charge is 2.69. The molecule has 5 rings (SSSR count). The van der Waals surface area contributed by atoms with Crippen molar-refractivity contribution in [1.82, 2.24) is 0 Å². The topological polar surface area (TPSA) is 63.6 Å². The second-order valence-corrected chi connectivity index (χ2v) is 13.8. The summed E-state index contributed by atoms with van der Waals surface area (Å²) in [5.41, 5.74) is 2.25. The predicted molar refractivity (Wildman–Crippen MR) is 133 cm³/mol. The van der Waals surface area contributed by atoms with Crippen LogP contribution >= 0.6 is 0 Å². The zero-order chi connectivity index (χ0) is 24.8. The molecule has 34 heavy (non-hydrogen) atoms. The normalized spacial score (nSPS) is 49.5. The Morgan fingerprint density at radius 2 is 1.82 bits per heavy atom.